The average molecular weight is 385 g/mol. The molecule has 3 aromatic rings. The minimum atomic E-state index is -1.26. The van der Waals surface area contributed by atoms with Gasteiger partial charge in [0.1, 0.15) is 12.4 Å². The standard InChI is InChI=1S/C24H22N2O3/c1-2-17-10-13-22(29-16-19-6-4-3-5-7-19)21(14-17)23(24(27)28)26-20-11-8-18(15-25)9-12-20/h3-14,23,26H,2,16H2,1H3,(H,27,28)/p-1. The molecule has 0 aliphatic rings. The summed E-state index contributed by atoms with van der Waals surface area (Å²) in [6.07, 6.45) is 0.766. The number of carboxylic acids is 1. The fourth-order valence-corrected chi connectivity index (χ4v) is 2.98. The number of aliphatic carboxylic acids is 1. The van der Waals surface area contributed by atoms with Crippen LogP contribution in [0.5, 0.6) is 5.75 Å². The van der Waals surface area contributed by atoms with E-state index in [-0.39, 0.29) is 0 Å². The van der Waals surface area contributed by atoms with Crippen LogP contribution in [0.15, 0.2) is 72.8 Å². The van der Waals surface area contributed by atoms with E-state index in [4.69, 9.17) is 10.00 Å². The monoisotopic (exact) mass is 385 g/mol. The van der Waals surface area contributed by atoms with Crippen LogP contribution in [-0.4, -0.2) is 5.97 Å². The lowest BCUT2D eigenvalue weighted by molar-refractivity contribution is -0.307. The van der Waals surface area contributed by atoms with Gasteiger partial charge >= 0.3 is 0 Å². The molecule has 0 spiro atoms. The number of ether oxygens (including phenoxy) is 1. The van der Waals surface area contributed by atoms with Crippen LogP contribution < -0.4 is 15.2 Å². The molecule has 0 aliphatic carbocycles. The maximum atomic E-state index is 12.0. The molecular formula is C24H21N2O3-. The topological polar surface area (TPSA) is 85.2 Å². The first-order valence-electron chi connectivity index (χ1n) is 9.37. The quantitative estimate of drug-likeness (QED) is 0.640. The van der Waals surface area contributed by atoms with Crippen LogP contribution in [0, 0.1) is 11.3 Å². The van der Waals surface area contributed by atoms with Gasteiger partial charge in [0, 0.05) is 11.3 Å². The van der Waals surface area contributed by atoms with Crippen molar-refractivity contribution in [1.82, 2.24) is 0 Å². The third-order valence-corrected chi connectivity index (χ3v) is 4.59. The zero-order valence-corrected chi connectivity index (χ0v) is 16.1. The summed E-state index contributed by atoms with van der Waals surface area (Å²) in [5.74, 6) is -0.770. The van der Waals surface area contributed by atoms with Gasteiger partial charge in [-0.15, -0.1) is 0 Å². The van der Waals surface area contributed by atoms with Gasteiger partial charge in [0.05, 0.1) is 23.6 Å². The Morgan fingerprint density at radius 1 is 1.07 bits per heavy atom. The molecule has 5 nitrogen and oxygen atoms in total. The smallest absolute Gasteiger partial charge is 0.125 e. The van der Waals surface area contributed by atoms with Crippen molar-refractivity contribution < 1.29 is 14.6 Å². The van der Waals surface area contributed by atoms with E-state index >= 15 is 0 Å². The maximum Gasteiger partial charge on any atom is 0.125 e. The fourth-order valence-electron chi connectivity index (χ4n) is 2.98. The number of hydrogen-bond donors (Lipinski definition) is 1. The van der Waals surface area contributed by atoms with Crippen molar-refractivity contribution in [3.8, 4) is 11.8 Å². The molecule has 0 aliphatic heterocycles. The van der Waals surface area contributed by atoms with Crippen LogP contribution >= 0.6 is 0 Å². The Balaban J connectivity index is 1.90. The first kappa shape index (κ1) is 20.0. The Hall–Kier alpha value is -3.78. The van der Waals surface area contributed by atoms with Crippen molar-refractivity contribution in [3.63, 3.8) is 0 Å². The molecule has 0 amide bonds. The summed E-state index contributed by atoms with van der Waals surface area (Å²) < 4.78 is 5.95. The number of nitriles is 1. The van der Waals surface area contributed by atoms with Crippen molar-refractivity contribution >= 4 is 11.7 Å². The van der Waals surface area contributed by atoms with Crippen LogP contribution in [0.25, 0.3) is 0 Å². The van der Waals surface area contributed by atoms with Crippen LogP contribution in [0.1, 0.15) is 35.2 Å². The zero-order chi connectivity index (χ0) is 20.6. The molecule has 0 saturated carbocycles. The number of hydrogen-bond acceptors (Lipinski definition) is 5. The molecule has 1 N–H and O–H groups in total. The number of aryl methyl sites for hydroxylation is 1. The number of nitrogens with one attached hydrogen (secondary N) is 1. The summed E-state index contributed by atoms with van der Waals surface area (Å²) in [7, 11) is 0. The lowest BCUT2D eigenvalue weighted by Crippen LogP contribution is -2.34. The van der Waals surface area contributed by atoms with Crippen molar-refractivity contribution in [3.05, 3.63) is 95.1 Å². The molecule has 3 aromatic carbocycles. The van der Waals surface area contributed by atoms with Crippen LogP contribution in [0.3, 0.4) is 0 Å². The summed E-state index contributed by atoms with van der Waals surface area (Å²) in [6.45, 7) is 2.33. The fraction of sp³-hybridized carbons (Fsp3) is 0.167. The van der Waals surface area contributed by atoms with Crippen molar-refractivity contribution in [2.75, 3.05) is 5.32 Å². The van der Waals surface area contributed by atoms with Crippen molar-refractivity contribution in [1.29, 1.82) is 5.26 Å². The third kappa shape index (κ3) is 5.14. The van der Waals surface area contributed by atoms with Gasteiger partial charge in [-0.2, -0.15) is 5.26 Å². The Morgan fingerprint density at radius 3 is 2.41 bits per heavy atom. The number of benzene rings is 3. The van der Waals surface area contributed by atoms with Gasteiger partial charge in [0.15, 0.2) is 0 Å². The minimum absolute atomic E-state index is 0.329. The number of carbonyl (C=O) groups excluding carboxylic acids is 1. The van der Waals surface area contributed by atoms with E-state index in [0.717, 1.165) is 17.5 Å². The summed E-state index contributed by atoms with van der Waals surface area (Å²) in [6, 6.07) is 22.8. The molecule has 3 rings (SSSR count). The molecule has 5 heteroatoms. The van der Waals surface area contributed by atoms with Crippen LogP contribution in [0.2, 0.25) is 0 Å². The number of nitrogens with zero attached hydrogens (tertiary/aromatic N) is 1. The highest BCUT2D eigenvalue weighted by Crippen LogP contribution is 2.30. The SMILES string of the molecule is CCc1ccc(OCc2ccccc2)c(C(Nc2ccc(C#N)cc2)C(=O)[O-])c1. The molecule has 0 aromatic heterocycles. The highest BCUT2D eigenvalue weighted by atomic mass is 16.5. The highest BCUT2D eigenvalue weighted by molar-refractivity contribution is 5.79. The molecule has 29 heavy (non-hydrogen) atoms. The molecule has 146 valence electrons. The van der Waals surface area contributed by atoms with E-state index < -0.39 is 12.0 Å². The third-order valence-electron chi connectivity index (χ3n) is 4.59. The Kier molecular flexibility index (Phi) is 6.49. The van der Waals surface area contributed by atoms with E-state index in [1.807, 2.05) is 55.5 Å². The molecule has 1 atom stereocenters. The van der Waals surface area contributed by atoms with Gasteiger partial charge < -0.3 is 20.0 Å². The first-order valence-corrected chi connectivity index (χ1v) is 9.37. The van der Waals surface area contributed by atoms with Gasteiger partial charge in [-0.05, 0) is 53.9 Å². The van der Waals surface area contributed by atoms with E-state index in [1.165, 1.54) is 0 Å². The summed E-state index contributed by atoms with van der Waals surface area (Å²) in [4.78, 5) is 12.0. The molecule has 0 radical (unpaired) electrons. The van der Waals surface area contributed by atoms with Gasteiger partial charge in [-0.3, -0.25) is 0 Å². The molecule has 0 saturated heterocycles. The second kappa shape index (κ2) is 9.43. The lowest BCUT2D eigenvalue weighted by Gasteiger charge is -2.24. The summed E-state index contributed by atoms with van der Waals surface area (Å²) in [5.41, 5.74) is 3.57. The van der Waals surface area contributed by atoms with Crippen molar-refractivity contribution in [2.24, 2.45) is 0 Å². The molecule has 0 heterocycles. The van der Waals surface area contributed by atoms with Gasteiger partial charge in [-0.25, -0.2) is 0 Å². The average Bonchev–Trinajstić information content (AvgIpc) is 2.77. The minimum Gasteiger partial charge on any atom is -0.548 e. The maximum absolute atomic E-state index is 12.0. The predicted molar refractivity (Wildman–Crippen MR) is 109 cm³/mol. The summed E-state index contributed by atoms with van der Waals surface area (Å²) >= 11 is 0. The summed E-state index contributed by atoms with van der Waals surface area (Å²) in [5, 5.41) is 23.9. The van der Waals surface area contributed by atoms with E-state index in [9.17, 15) is 9.90 Å². The molecule has 0 fully saturated rings. The van der Waals surface area contributed by atoms with Crippen molar-refractivity contribution in [2.45, 2.75) is 26.0 Å². The van der Waals surface area contributed by atoms with E-state index in [2.05, 4.69) is 5.32 Å². The normalized spacial score (nSPS) is 11.3. The van der Waals surface area contributed by atoms with Gasteiger partial charge in [0.2, 0.25) is 0 Å². The second-order valence-electron chi connectivity index (χ2n) is 6.59. The molecule has 0 bridgehead atoms. The zero-order valence-electron chi connectivity index (χ0n) is 16.1. The number of anilines is 1. The number of carbonyl (C=O) groups is 1. The Bertz CT molecular complexity index is 1010. The second-order valence-corrected chi connectivity index (χ2v) is 6.59. The van der Waals surface area contributed by atoms with E-state index in [1.54, 1.807) is 30.3 Å². The number of carboxylic acid groups (broad SMARTS) is 1. The molecular weight excluding hydrogens is 364 g/mol. The predicted octanol–water partition coefficient (Wildman–Crippen LogP) is 3.60. The van der Waals surface area contributed by atoms with Gasteiger partial charge in [-0.1, -0.05) is 43.3 Å². The molecule has 1 unspecified atom stereocenters. The van der Waals surface area contributed by atoms with E-state index in [0.29, 0.717) is 29.2 Å². The first-order chi connectivity index (χ1) is 14.1. The Labute approximate surface area is 170 Å². The largest absolute Gasteiger partial charge is 0.548 e. The van der Waals surface area contributed by atoms with Crippen LogP contribution in [-0.2, 0) is 17.8 Å². The van der Waals surface area contributed by atoms with Crippen LogP contribution in [0.4, 0.5) is 5.69 Å². The number of rotatable bonds is 8. The van der Waals surface area contributed by atoms with Gasteiger partial charge in [0.25, 0.3) is 0 Å². The lowest BCUT2D eigenvalue weighted by atomic mass is 10.0. The highest BCUT2D eigenvalue weighted by Gasteiger charge is 2.19. The Morgan fingerprint density at radius 2 is 1.79 bits per heavy atom.